The van der Waals surface area contributed by atoms with E-state index >= 15 is 0 Å². The number of H-pyrrole nitrogens is 2. The summed E-state index contributed by atoms with van der Waals surface area (Å²) in [5.41, 5.74) is 10.8. The molecule has 336 valence electrons. The van der Waals surface area contributed by atoms with Gasteiger partial charge in [-0.2, -0.15) is 0 Å². The summed E-state index contributed by atoms with van der Waals surface area (Å²) in [7, 11) is 0. The van der Waals surface area contributed by atoms with Gasteiger partial charge in [-0.3, -0.25) is 14.5 Å². The first-order valence-corrected chi connectivity index (χ1v) is 23.0. The van der Waals surface area contributed by atoms with Gasteiger partial charge in [-0.05, 0) is 99.1 Å². The summed E-state index contributed by atoms with van der Waals surface area (Å²) in [6, 6.07) is 34.6. The second-order valence-corrected chi connectivity index (χ2v) is 16.1. The van der Waals surface area contributed by atoms with Crippen LogP contribution >= 0.6 is 0 Å². The molecule has 6 aromatic rings. The van der Waals surface area contributed by atoms with Gasteiger partial charge in [-0.1, -0.05) is 138 Å². The third-order valence-electron chi connectivity index (χ3n) is 11.8. The number of nitrogens with zero attached hydrogens (tertiary/aromatic N) is 4. The lowest BCUT2D eigenvalue weighted by molar-refractivity contribution is -0.138. The van der Waals surface area contributed by atoms with Crippen molar-refractivity contribution in [3.63, 3.8) is 0 Å². The van der Waals surface area contributed by atoms with Gasteiger partial charge in [0, 0.05) is 17.8 Å². The fourth-order valence-corrected chi connectivity index (χ4v) is 8.31. The molecule has 2 heterocycles. The van der Waals surface area contributed by atoms with Crippen LogP contribution in [0.4, 0.5) is 0 Å². The molecular weight excluding hydrogens is 793 g/mol. The predicted octanol–water partition coefficient (Wildman–Crippen LogP) is 10.3. The molecule has 2 amide bonds. The molecular formula is C54H68N8O2. The number of aryl methyl sites for hydroxylation is 2. The Morgan fingerprint density at radius 3 is 2.00 bits per heavy atom. The Bertz CT molecular complexity index is 2360. The number of hydrogen-bond donors (Lipinski definition) is 4. The molecule has 4 N–H and O–H groups in total. The normalized spacial score (nSPS) is 13.1. The number of aromatic nitrogens is 4. The van der Waals surface area contributed by atoms with Gasteiger partial charge in [0.25, 0.3) is 0 Å². The van der Waals surface area contributed by atoms with Gasteiger partial charge in [-0.25, -0.2) is 9.97 Å². The highest BCUT2D eigenvalue weighted by molar-refractivity contribution is 5.84. The van der Waals surface area contributed by atoms with Crippen LogP contribution in [0.5, 0.6) is 0 Å². The number of carbonyl (C=O) groups is 2. The number of fused-ring (bicyclic) bond motifs is 3. The minimum Gasteiger partial charge on any atom is -0.346 e. The quantitative estimate of drug-likeness (QED) is 0.0678. The number of nitrogens with one attached hydrogen (secondary N) is 4. The maximum Gasteiger partial charge on any atom is 0.244 e. The van der Waals surface area contributed by atoms with Crippen molar-refractivity contribution in [1.29, 1.82) is 0 Å². The predicted molar refractivity (Wildman–Crippen MR) is 262 cm³/mol. The highest BCUT2D eigenvalue weighted by Crippen LogP contribution is 2.35. The van der Waals surface area contributed by atoms with Crippen molar-refractivity contribution < 1.29 is 9.59 Å². The molecule has 0 radical (unpaired) electrons. The first-order chi connectivity index (χ1) is 31.2. The van der Waals surface area contributed by atoms with E-state index in [0.717, 1.165) is 114 Å². The molecule has 4 aromatic carbocycles. The Hall–Kier alpha value is -6.28. The number of amides is 2. The zero-order valence-corrected chi connectivity index (χ0v) is 39.0. The highest BCUT2D eigenvalue weighted by Gasteiger charge is 2.30. The second kappa shape index (κ2) is 24.5. The van der Waals surface area contributed by atoms with Crippen molar-refractivity contribution in [2.75, 3.05) is 32.7 Å². The van der Waals surface area contributed by atoms with Crippen LogP contribution in [0.25, 0.3) is 33.6 Å². The average molecular weight is 861 g/mol. The SMILES string of the molecule is C#C.CCCN(Cc1ncc(-c2ccc(-c3ccc4c(c3)CCCc3[nH]c([C@H](C)NC(=O)[C@H](C)c5ccccc5)nc3-4)cc2)[nH]1)C(=O)[C@@H](c1ccccc1)N(CC)CC.CCNCC. The minimum absolute atomic E-state index is 0.0157. The summed E-state index contributed by atoms with van der Waals surface area (Å²) in [6.45, 7) is 19.3. The van der Waals surface area contributed by atoms with Crippen LogP contribution in [-0.2, 0) is 29.0 Å². The van der Waals surface area contributed by atoms with Crippen LogP contribution < -0.4 is 10.6 Å². The van der Waals surface area contributed by atoms with E-state index in [-0.39, 0.29) is 29.8 Å². The van der Waals surface area contributed by atoms with Crippen molar-refractivity contribution in [3.05, 3.63) is 143 Å². The standard InChI is InChI=1S/C48H55N7O2.C4H11N.C2H2/c1-6-28-55(48(57)45(54(7-2)8-3)37-18-13-10-14-19-37)31-43-49-30-42(51-43)36-24-22-35(23-25-36)38-26-27-40-39(29-38)20-15-21-41-44(40)53-46(52-41)33(5)50-47(56)32(4)34-16-11-9-12-17-34;1-3-5-4-2;1-2/h9-14,16-19,22-27,29-30,32-33,45H,6-8,15,20-21,28,31H2,1-5H3,(H,49,51)(H,50,56)(H,52,53);5H,3-4H2,1-2H3;1-2H/t32-,33+,45-;;/m1../s1. The molecule has 0 saturated carbocycles. The summed E-state index contributed by atoms with van der Waals surface area (Å²) >= 11 is 0. The number of aromatic amines is 2. The van der Waals surface area contributed by atoms with Gasteiger partial charge in [0.2, 0.25) is 11.8 Å². The van der Waals surface area contributed by atoms with E-state index in [1.807, 2.05) is 73.5 Å². The summed E-state index contributed by atoms with van der Waals surface area (Å²) in [5.74, 6) is 1.39. The monoisotopic (exact) mass is 861 g/mol. The molecule has 0 unspecified atom stereocenters. The lowest BCUT2D eigenvalue weighted by Gasteiger charge is -2.33. The first-order valence-electron chi connectivity index (χ1n) is 23.0. The second-order valence-electron chi connectivity index (χ2n) is 16.1. The Labute approximate surface area is 381 Å². The zero-order valence-electron chi connectivity index (χ0n) is 39.0. The smallest absolute Gasteiger partial charge is 0.244 e. The van der Waals surface area contributed by atoms with Crippen molar-refractivity contribution in [2.24, 2.45) is 0 Å². The molecule has 2 aromatic heterocycles. The van der Waals surface area contributed by atoms with Gasteiger partial charge in [0.05, 0.1) is 36.1 Å². The molecule has 0 saturated heterocycles. The Morgan fingerprint density at radius 2 is 1.39 bits per heavy atom. The van der Waals surface area contributed by atoms with Crippen LogP contribution in [0, 0.1) is 12.8 Å². The fourth-order valence-electron chi connectivity index (χ4n) is 8.31. The van der Waals surface area contributed by atoms with Gasteiger partial charge in [-0.15, -0.1) is 12.8 Å². The van der Waals surface area contributed by atoms with Crippen molar-refractivity contribution in [1.82, 2.24) is 40.4 Å². The molecule has 10 nitrogen and oxygen atoms in total. The van der Waals surface area contributed by atoms with Crippen LogP contribution in [0.15, 0.2) is 109 Å². The number of benzene rings is 4. The van der Waals surface area contributed by atoms with E-state index in [2.05, 4.69) is 128 Å². The zero-order chi connectivity index (χ0) is 46.0. The lowest BCUT2D eigenvalue weighted by atomic mass is 9.95. The molecule has 1 aliphatic carbocycles. The summed E-state index contributed by atoms with van der Waals surface area (Å²) in [4.78, 5) is 48.3. The first kappa shape index (κ1) is 48.7. The van der Waals surface area contributed by atoms with Gasteiger partial charge < -0.3 is 25.5 Å². The molecule has 0 aliphatic heterocycles. The number of carbonyl (C=O) groups excluding carboxylic acids is 2. The molecule has 0 spiro atoms. The largest absolute Gasteiger partial charge is 0.346 e. The average Bonchev–Trinajstić information content (AvgIpc) is 3.95. The van der Waals surface area contributed by atoms with Gasteiger partial charge in [0.15, 0.2) is 0 Å². The molecule has 10 heteroatoms. The summed E-state index contributed by atoms with van der Waals surface area (Å²) < 4.78 is 0. The molecule has 7 rings (SSSR count). The van der Waals surface area contributed by atoms with Crippen LogP contribution in [0.3, 0.4) is 0 Å². The number of terminal acetylenes is 1. The highest BCUT2D eigenvalue weighted by atomic mass is 16.2. The Kier molecular flexibility index (Phi) is 18.7. The maximum atomic E-state index is 14.2. The van der Waals surface area contributed by atoms with Crippen LogP contribution in [-0.4, -0.2) is 74.3 Å². The van der Waals surface area contributed by atoms with E-state index in [4.69, 9.17) is 9.97 Å². The van der Waals surface area contributed by atoms with Crippen molar-refractivity contribution in [2.45, 2.75) is 98.7 Å². The summed E-state index contributed by atoms with van der Waals surface area (Å²) in [5, 5.41) is 6.28. The van der Waals surface area contributed by atoms with Crippen LogP contribution in [0.2, 0.25) is 0 Å². The van der Waals surface area contributed by atoms with E-state index < -0.39 is 0 Å². The third-order valence-corrected chi connectivity index (χ3v) is 11.8. The Balaban J connectivity index is 0.00000103. The van der Waals surface area contributed by atoms with Crippen molar-refractivity contribution >= 4 is 11.8 Å². The van der Waals surface area contributed by atoms with Gasteiger partial charge in [0.1, 0.15) is 17.7 Å². The summed E-state index contributed by atoms with van der Waals surface area (Å²) in [6.07, 6.45) is 13.6. The number of hydrogen-bond acceptors (Lipinski definition) is 6. The number of imidazole rings is 2. The number of rotatable bonds is 17. The van der Waals surface area contributed by atoms with Crippen LogP contribution in [0.1, 0.15) is 113 Å². The molecule has 3 atom stereocenters. The third kappa shape index (κ3) is 12.2. The molecule has 64 heavy (non-hydrogen) atoms. The lowest BCUT2D eigenvalue weighted by Crippen LogP contribution is -2.43. The molecule has 1 aliphatic rings. The fraction of sp³-hybridized carbons (Fsp3) is 0.370. The number of likely N-dealkylation sites (N-methyl/N-ethyl adjacent to an activating group) is 1. The van der Waals surface area contributed by atoms with Gasteiger partial charge >= 0.3 is 0 Å². The van der Waals surface area contributed by atoms with E-state index in [9.17, 15) is 9.59 Å². The van der Waals surface area contributed by atoms with E-state index in [1.54, 1.807) is 0 Å². The van der Waals surface area contributed by atoms with E-state index in [1.165, 1.54) is 5.56 Å². The molecule has 0 bridgehead atoms. The Morgan fingerprint density at radius 1 is 0.766 bits per heavy atom. The van der Waals surface area contributed by atoms with Crippen molar-refractivity contribution in [3.8, 4) is 46.5 Å². The molecule has 0 fully saturated rings. The maximum absolute atomic E-state index is 14.2. The van der Waals surface area contributed by atoms with E-state index in [0.29, 0.717) is 13.1 Å². The minimum atomic E-state index is -0.334. The topological polar surface area (TPSA) is 122 Å².